The standard InChI is InChI=1S/C9H8NO3/c1-7(12)10-8-4-2-3-5-9(8)13-6-11/h2-5H,1H3,(H,10,12). The van der Waals surface area contributed by atoms with Gasteiger partial charge in [0.1, 0.15) is 0 Å². The minimum atomic E-state index is -0.220. The van der Waals surface area contributed by atoms with Crippen LogP contribution >= 0.6 is 0 Å². The largest absolute Gasteiger partial charge is 0.423 e. The van der Waals surface area contributed by atoms with Gasteiger partial charge in [0.15, 0.2) is 5.75 Å². The van der Waals surface area contributed by atoms with E-state index in [0.29, 0.717) is 5.69 Å². The topological polar surface area (TPSA) is 55.4 Å². The molecule has 0 spiro atoms. The van der Waals surface area contributed by atoms with Gasteiger partial charge in [0, 0.05) is 6.92 Å². The highest BCUT2D eigenvalue weighted by Crippen LogP contribution is 2.22. The first-order valence-corrected chi connectivity index (χ1v) is 3.64. The fourth-order valence-corrected chi connectivity index (χ4v) is 0.893. The van der Waals surface area contributed by atoms with Crippen molar-refractivity contribution < 1.29 is 14.3 Å². The van der Waals surface area contributed by atoms with E-state index < -0.39 is 0 Å². The van der Waals surface area contributed by atoms with Crippen molar-refractivity contribution in [1.82, 2.24) is 0 Å². The van der Waals surface area contributed by atoms with Crippen molar-refractivity contribution in [3.05, 3.63) is 24.3 Å². The van der Waals surface area contributed by atoms with E-state index in [4.69, 9.17) is 0 Å². The number of benzene rings is 1. The summed E-state index contributed by atoms with van der Waals surface area (Å²) < 4.78 is 4.52. The van der Waals surface area contributed by atoms with Crippen LogP contribution in [0.5, 0.6) is 5.75 Å². The third-order valence-electron chi connectivity index (χ3n) is 1.35. The van der Waals surface area contributed by atoms with Gasteiger partial charge in [0.2, 0.25) is 5.91 Å². The lowest BCUT2D eigenvalue weighted by Crippen LogP contribution is -2.07. The number of ether oxygens (including phenoxy) is 1. The monoisotopic (exact) mass is 178 g/mol. The molecule has 67 valence electrons. The lowest BCUT2D eigenvalue weighted by molar-refractivity contribution is -0.114. The fraction of sp³-hybridized carbons (Fsp3) is 0.111. The molecule has 4 nitrogen and oxygen atoms in total. The molecular formula is C9H8NO3. The highest BCUT2D eigenvalue weighted by molar-refractivity contribution is 5.90. The number of anilines is 1. The summed E-state index contributed by atoms with van der Waals surface area (Å²) in [5.74, 6) is 0.0645. The Morgan fingerprint density at radius 3 is 2.77 bits per heavy atom. The average molecular weight is 178 g/mol. The van der Waals surface area contributed by atoms with E-state index in [9.17, 15) is 9.59 Å². The molecule has 1 aromatic carbocycles. The van der Waals surface area contributed by atoms with Crippen LogP contribution in [-0.4, -0.2) is 12.4 Å². The summed E-state index contributed by atoms with van der Waals surface area (Å²) >= 11 is 0. The van der Waals surface area contributed by atoms with E-state index in [0.717, 1.165) is 0 Å². The molecule has 0 heterocycles. The van der Waals surface area contributed by atoms with E-state index in [1.165, 1.54) is 13.4 Å². The lowest BCUT2D eigenvalue weighted by atomic mass is 10.3. The number of rotatable bonds is 3. The van der Waals surface area contributed by atoms with Crippen LogP contribution in [0.15, 0.2) is 24.3 Å². The van der Waals surface area contributed by atoms with Gasteiger partial charge in [-0.1, -0.05) is 12.1 Å². The quantitative estimate of drug-likeness (QED) is 0.753. The Balaban J connectivity index is 2.90. The predicted octanol–water partition coefficient (Wildman–Crippen LogP) is 1.09. The maximum absolute atomic E-state index is 10.7. The third kappa shape index (κ3) is 2.59. The minimum Gasteiger partial charge on any atom is -0.416 e. The molecule has 0 atom stereocenters. The Labute approximate surface area is 75.5 Å². The zero-order valence-electron chi connectivity index (χ0n) is 7.03. The third-order valence-corrected chi connectivity index (χ3v) is 1.35. The van der Waals surface area contributed by atoms with Crippen molar-refractivity contribution >= 4 is 18.1 Å². The summed E-state index contributed by atoms with van der Waals surface area (Å²) in [6.07, 6.45) is 0. The predicted molar refractivity (Wildman–Crippen MR) is 47.1 cm³/mol. The molecule has 4 heteroatoms. The average Bonchev–Trinajstić information content (AvgIpc) is 2.08. The number of carbonyl (C=O) groups excluding carboxylic acids is 2. The number of amides is 1. The van der Waals surface area contributed by atoms with Crippen LogP contribution < -0.4 is 10.1 Å². The number of carbonyl (C=O) groups is 1. The molecule has 0 fully saturated rings. The molecule has 1 N–H and O–H groups in total. The Bertz CT molecular complexity index is 322. The van der Waals surface area contributed by atoms with Crippen LogP contribution in [-0.2, 0) is 9.59 Å². The molecular weight excluding hydrogens is 170 g/mol. The lowest BCUT2D eigenvalue weighted by Gasteiger charge is -2.05. The maximum Gasteiger partial charge on any atom is 0.423 e. The summed E-state index contributed by atoms with van der Waals surface area (Å²) in [6.45, 7) is 2.67. The Morgan fingerprint density at radius 2 is 2.15 bits per heavy atom. The second kappa shape index (κ2) is 4.25. The van der Waals surface area contributed by atoms with Crippen LogP contribution in [0.2, 0.25) is 0 Å². The molecule has 0 saturated heterocycles. The molecule has 1 aromatic rings. The summed E-state index contributed by atoms with van der Waals surface area (Å²) in [5, 5.41) is 2.52. The zero-order chi connectivity index (χ0) is 9.68. The Hall–Kier alpha value is -1.84. The van der Waals surface area contributed by atoms with Gasteiger partial charge >= 0.3 is 6.47 Å². The van der Waals surface area contributed by atoms with E-state index in [1.807, 2.05) is 0 Å². The minimum absolute atomic E-state index is 0.220. The van der Waals surface area contributed by atoms with Gasteiger partial charge in [-0.15, -0.1) is 0 Å². The van der Waals surface area contributed by atoms with Gasteiger partial charge in [-0.3, -0.25) is 4.79 Å². The van der Waals surface area contributed by atoms with E-state index in [1.54, 1.807) is 24.3 Å². The molecule has 13 heavy (non-hydrogen) atoms. The van der Waals surface area contributed by atoms with Gasteiger partial charge < -0.3 is 10.1 Å². The van der Waals surface area contributed by atoms with Crippen molar-refractivity contribution in [3.8, 4) is 5.75 Å². The van der Waals surface area contributed by atoms with Crippen LogP contribution in [0.25, 0.3) is 0 Å². The maximum atomic E-state index is 10.7. The SMILES string of the molecule is CC(=O)Nc1ccccc1O[C]=O. The summed E-state index contributed by atoms with van der Waals surface area (Å²) in [7, 11) is 0. The van der Waals surface area contributed by atoms with E-state index >= 15 is 0 Å². The molecule has 0 bridgehead atoms. The Morgan fingerprint density at radius 1 is 1.46 bits per heavy atom. The zero-order valence-corrected chi connectivity index (χ0v) is 7.03. The number of hydrogen-bond acceptors (Lipinski definition) is 3. The molecule has 0 saturated carbocycles. The number of hydrogen-bond donors (Lipinski definition) is 1. The Kier molecular flexibility index (Phi) is 3.03. The van der Waals surface area contributed by atoms with Gasteiger partial charge in [0.05, 0.1) is 5.69 Å². The van der Waals surface area contributed by atoms with Crippen LogP contribution in [0.3, 0.4) is 0 Å². The van der Waals surface area contributed by atoms with Crippen molar-refractivity contribution in [2.45, 2.75) is 6.92 Å². The molecule has 0 aliphatic heterocycles. The molecule has 0 aliphatic carbocycles. The summed E-state index contributed by atoms with van der Waals surface area (Å²) in [5.41, 5.74) is 0.457. The van der Waals surface area contributed by atoms with Crippen molar-refractivity contribution in [3.63, 3.8) is 0 Å². The van der Waals surface area contributed by atoms with E-state index in [-0.39, 0.29) is 11.7 Å². The molecule has 0 aliphatic rings. The van der Waals surface area contributed by atoms with Crippen LogP contribution in [0.1, 0.15) is 6.92 Å². The first kappa shape index (κ1) is 9.25. The first-order valence-electron chi connectivity index (χ1n) is 3.64. The second-order valence-electron chi connectivity index (χ2n) is 2.36. The second-order valence-corrected chi connectivity index (χ2v) is 2.36. The van der Waals surface area contributed by atoms with Gasteiger partial charge in [-0.2, -0.15) is 0 Å². The van der Waals surface area contributed by atoms with Gasteiger partial charge in [-0.05, 0) is 12.1 Å². The normalized spacial score (nSPS) is 9.00. The van der Waals surface area contributed by atoms with Crippen molar-refractivity contribution in [2.75, 3.05) is 5.32 Å². The van der Waals surface area contributed by atoms with Crippen LogP contribution in [0.4, 0.5) is 5.69 Å². The summed E-state index contributed by atoms with van der Waals surface area (Å²) in [6, 6.07) is 6.62. The summed E-state index contributed by atoms with van der Waals surface area (Å²) in [4.78, 5) is 20.7. The van der Waals surface area contributed by atoms with E-state index in [2.05, 4.69) is 10.1 Å². The van der Waals surface area contributed by atoms with Crippen LogP contribution in [0, 0.1) is 0 Å². The van der Waals surface area contributed by atoms with Gasteiger partial charge in [-0.25, -0.2) is 4.79 Å². The molecule has 1 amide bonds. The number of nitrogens with one attached hydrogen (secondary N) is 1. The molecule has 1 rings (SSSR count). The highest BCUT2D eigenvalue weighted by Gasteiger charge is 2.03. The van der Waals surface area contributed by atoms with Crippen molar-refractivity contribution in [2.24, 2.45) is 0 Å². The van der Waals surface area contributed by atoms with Gasteiger partial charge in [0.25, 0.3) is 0 Å². The smallest absolute Gasteiger partial charge is 0.416 e. The molecule has 0 aromatic heterocycles. The van der Waals surface area contributed by atoms with Crippen molar-refractivity contribution in [1.29, 1.82) is 0 Å². The number of para-hydroxylation sites is 2. The highest BCUT2D eigenvalue weighted by atomic mass is 16.5. The molecule has 0 unspecified atom stereocenters. The molecule has 1 radical (unpaired) electrons. The fourth-order valence-electron chi connectivity index (χ4n) is 0.893. The first-order chi connectivity index (χ1) is 6.24.